The van der Waals surface area contributed by atoms with Crippen LogP contribution in [0, 0.1) is 55.4 Å². The molecule has 0 radical (unpaired) electrons. The molecule has 0 fully saturated rings. The maximum atomic E-state index is 2.52. The van der Waals surface area contributed by atoms with Gasteiger partial charge in [0.05, 0.1) is 33.1 Å². The molecule has 6 heteroatoms. The molecule has 0 bridgehead atoms. The van der Waals surface area contributed by atoms with E-state index in [4.69, 9.17) is 0 Å². The van der Waals surface area contributed by atoms with Crippen molar-refractivity contribution in [3.63, 3.8) is 0 Å². The Morgan fingerprint density at radius 1 is 0.158 bits per heavy atom. The van der Waals surface area contributed by atoms with Crippen molar-refractivity contribution < 1.29 is 0 Å². The quantitative estimate of drug-likeness (QED) is 0.122. The molecule has 544 valence electrons. The molecule has 0 unspecified atom stereocenters. The van der Waals surface area contributed by atoms with Crippen molar-refractivity contribution in [1.82, 2.24) is 8.80 Å². The smallest absolute Gasteiger partial charge is 0.0620 e. The van der Waals surface area contributed by atoms with Crippen LogP contribution < -0.4 is 19.6 Å². The van der Waals surface area contributed by atoms with Crippen molar-refractivity contribution in [2.24, 2.45) is 0 Å². The molecular weight excluding hydrogens is 1380 g/mol. The van der Waals surface area contributed by atoms with Gasteiger partial charge < -0.3 is 28.4 Å². The lowest BCUT2D eigenvalue weighted by atomic mass is 10.0. The summed E-state index contributed by atoms with van der Waals surface area (Å²) in [5.41, 5.74) is 31.4. The van der Waals surface area contributed by atoms with E-state index >= 15 is 0 Å². The average Bonchev–Trinajstić information content (AvgIpc) is 1.54. The number of anilines is 12. The highest BCUT2D eigenvalue weighted by molar-refractivity contribution is 6.28. The van der Waals surface area contributed by atoms with Crippen LogP contribution in [-0.2, 0) is 0 Å². The van der Waals surface area contributed by atoms with Gasteiger partial charge in [-0.1, -0.05) is 158 Å². The minimum atomic E-state index is 1.14. The summed E-state index contributed by atoms with van der Waals surface area (Å²) in [5, 5.41) is 20.1. The summed E-state index contributed by atoms with van der Waals surface area (Å²) in [6.45, 7) is 17.5. The van der Waals surface area contributed by atoms with E-state index in [2.05, 4.69) is 436 Å². The van der Waals surface area contributed by atoms with Gasteiger partial charge in [0.25, 0.3) is 0 Å². The van der Waals surface area contributed by atoms with Crippen LogP contribution in [0.5, 0.6) is 0 Å². The van der Waals surface area contributed by atoms with Crippen molar-refractivity contribution in [2.75, 3.05) is 19.6 Å². The predicted octanol–water partition coefficient (Wildman–Crippen LogP) is 30.6. The van der Waals surface area contributed by atoms with Crippen LogP contribution in [0.2, 0.25) is 0 Å². The summed E-state index contributed by atoms with van der Waals surface area (Å²) in [6.07, 6.45) is 0. The molecule has 0 saturated carbocycles. The highest BCUT2D eigenvalue weighted by atomic mass is 15.2. The van der Waals surface area contributed by atoms with Crippen LogP contribution in [0.3, 0.4) is 0 Å². The van der Waals surface area contributed by atoms with Crippen molar-refractivity contribution in [3.05, 3.63) is 396 Å². The van der Waals surface area contributed by atoms with Gasteiger partial charge in [-0.15, -0.1) is 0 Å². The minimum Gasteiger partial charge on any atom is -0.310 e. The number of aryl methyl sites for hydroxylation is 8. The Labute approximate surface area is 663 Å². The molecule has 0 spiro atoms. The van der Waals surface area contributed by atoms with Gasteiger partial charge in [-0.05, 0) is 337 Å². The predicted molar refractivity (Wildman–Crippen MR) is 489 cm³/mol. The molecule has 0 aliphatic heterocycles. The van der Waals surface area contributed by atoms with Gasteiger partial charge in [-0.3, -0.25) is 0 Å². The van der Waals surface area contributed by atoms with E-state index in [1.54, 1.807) is 0 Å². The molecular formula is C108H82N6. The summed E-state index contributed by atoms with van der Waals surface area (Å²) in [5.74, 6) is 0. The van der Waals surface area contributed by atoms with Crippen LogP contribution in [0.25, 0.3) is 119 Å². The van der Waals surface area contributed by atoms with Crippen molar-refractivity contribution in [2.45, 2.75) is 55.4 Å². The third-order valence-corrected chi connectivity index (χ3v) is 23.9. The van der Waals surface area contributed by atoms with Gasteiger partial charge in [0.2, 0.25) is 0 Å². The van der Waals surface area contributed by atoms with E-state index in [1.807, 2.05) is 0 Å². The first-order valence-electron chi connectivity index (χ1n) is 39.7. The Kier molecular flexibility index (Phi) is 16.0. The van der Waals surface area contributed by atoms with Gasteiger partial charge in [0, 0.05) is 111 Å². The van der Waals surface area contributed by atoms with E-state index in [0.717, 1.165) is 56.9 Å². The lowest BCUT2D eigenvalue weighted by molar-refractivity contribution is 1.25. The zero-order valence-corrected chi connectivity index (χ0v) is 65.2. The molecule has 0 atom stereocenters. The minimum absolute atomic E-state index is 1.14. The first kappa shape index (κ1) is 67.9. The van der Waals surface area contributed by atoms with Crippen molar-refractivity contribution in [1.29, 1.82) is 0 Å². The van der Waals surface area contributed by atoms with Crippen LogP contribution in [0.4, 0.5) is 68.2 Å². The average molecular weight is 1460 g/mol. The summed E-state index contributed by atoms with van der Waals surface area (Å²) in [4.78, 5) is 9.51. The molecule has 0 saturated heterocycles. The summed E-state index contributed by atoms with van der Waals surface area (Å²) < 4.78 is 5.04. The molecule has 0 aliphatic rings. The zero-order chi connectivity index (χ0) is 76.7. The summed E-state index contributed by atoms with van der Waals surface area (Å²) in [7, 11) is 0. The van der Waals surface area contributed by atoms with Gasteiger partial charge in [0.15, 0.2) is 0 Å². The zero-order valence-electron chi connectivity index (χ0n) is 65.2. The fourth-order valence-corrected chi connectivity index (χ4v) is 18.4. The largest absolute Gasteiger partial charge is 0.310 e. The monoisotopic (exact) mass is 1460 g/mol. The van der Waals surface area contributed by atoms with E-state index in [0.29, 0.717) is 0 Å². The number of nitrogens with zero attached hydrogens (tertiary/aromatic N) is 6. The van der Waals surface area contributed by atoms with Gasteiger partial charge >= 0.3 is 0 Å². The van der Waals surface area contributed by atoms with Crippen LogP contribution in [-0.4, -0.2) is 8.80 Å². The number of hydrogen-bond donors (Lipinski definition) is 0. The second-order valence-corrected chi connectivity index (χ2v) is 31.6. The summed E-state index contributed by atoms with van der Waals surface area (Å²) >= 11 is 0. The summed E-state index contributed by atoms with van der Waals surface area (Å²) in [6, 6.07) is 130. The molecule has 4 heterocycles. The Morgan fingerprint density at radius 2 is 0.404 bits per heavy atom. The third kappa shape index (κ3) is 11.4. The maximum absolute atomic E-state index is 2.52. The Morgan fingerprint density at radius 3 is 0.667 bits per heavy atom. The number of hydrogen-bond acceptors (Lipinski definition) is 4. The third-order valence-electron chi connectivity index (χ3n) is 23.9. The molecule has 0 aliphatic carbocycles. The molecule has 0 amide bonds. The maximum Gasteiger partial charge on any atom is 0.0620 e. The topological polar surface area (TPSA) is 21.8 Å². The Balaban J connectivity index is 0.000000143. The fraction of sp³-hybridized carbons (Fsp3) is 0.0741. The SMILES string of the molecule is Cc1cc(C)cc(N(c2ccccc2)c2ccc3cc4c5cccc6c7cc8ccc(N(c9ccccc9)c9cc(C)cc(C)c9)cc8cc7n(c4cc3c2)c56)c1.Cc1ccc(N(c2ccccc2)c2ccc3cc4c5cccc6c7cc8ccc(N(c9ccccc9)c9ccc(C)c(C)c9)cc8cc7n(c4cc3c2)c56)cc1C. The number of fused-ring (bicyclic) bond motifs is 16. The first-order chi connectivity index (χ1) is 55.7. The molecule has 22 aromatic rings. The highest BCUT2D eigenvalue weighted by Gasteiger charge is 2.25. The second-order valence-electron chi connectivity index (χ2n) is 31.6. The fourth-order valence-electron chi connectivity index (χ4n) is 18.4. The normalized spacial score (nSPS) is 11.9. The molecule has 4 aromatic heterocycles. The van der Waals surface area contributed by atoms with Crippen LogP contribution in [0.1, 0.15) is 44.5 Å². The lowest BCUT2D eigenvalue weighted by Crippen LogP contribution is -2.10. The van der Waals surface area contributed by atoms with Gasteiger partial charge in [0.1, 0.15) is 0 Å². The number of aromatic nitrogens is 2. The Bertz CT molecular complexity index is 7110. The number of benzene rings is 18. The Hall–Kier alpha value is -14.2. The van der Waals surface area contributed by atoms with E-state index < -0.39 is 0 Å². The number of para-hydroxylation sites is 6. The van der Waals surface area contributed by atoms with Crippen LogP contribution >= 0.6 is 0 Å². The molecule has 18 aromatic carbocycles. The standard InChI is InChI=1S/2C54H41N3/c1-34-18-22-44(26-36(34)3)55(42-12-7-5-8-13-42)46-24-20-38-30-50-48-16-11-17-49-51-31-39-21-25-47(29-41(39)33-53(51)57(54(48)49)52(50)32-40(38)28-46)56(43-14-9-6-10-15-43)45-23-19-35(2)37(4)27-45;1-34-22-35(2)25-46(24-34)55(42-12-7-5-8-13-42)44-20-18-38-30-50-48-16-11-17-49-51-31-39-19-21-45(29-41(39)33-53(51)57(54(48)49)52(50)32-40(38)28-44)56(43-14-9-6-10-15-43)47-26-36(3)23-37(4)27-47/h2*5-33H,1-4H3. The molecule has 6 nitrogen and oxygen atoms in total. The molecule has 22 rings (SSSR count). The van der Waals surface area contributed by atoms with E-state index in [-0.39, 0.29) is 0 Å². The molecule has 0 N–H and O–H groups in total. The van der Waals surface area contributed by atoms with Crippen LogP contribution in [0.15, 0.2) is 352 Å². The molecule has 114 heavy (non-hydrogen) atoms. The van der Waals surface area contributed by atoms with Gasteiger partial charge in [-0.2, -0.15) is 0 Å². The van der Waals surface area contributed by atoms with E-state index in [9.17, 15) is 0 Å². The van der Waals surface area contributed by atoms with Gasteiger partial charge in [-0.25, -0.2) is 0 Å². The first-order valence-corrected chi connectivity index (χ1v) is 39.7. The van der Waals surface area contributed by atoms with E-state index in [1.165, 1.54) is 175 Å². The van der Waals surface area contributed by atoms with Crippen molar-refractivity contribution in [3.8, 4) is 0 Å². The van der Waals surface area contributed by atoms with Crippen molar-refractivity contribution >= 4 is 188 Å². The second kappa shape index (κ2) is 26.8. The highest BCUT2D eigenvalue weighted by Crippen LogP contribution is 2.48. The number of rotatable bonds is 12. The lowest BCUT2D eigenvalue weighted by Gasteiger charge is -2.26.